The molecule has 0 saturated carbocycles. The van der Waals surface area contributed by atoms with E-state index in [-0.39, 0.29) is 5.91 Å². The number of oxazole rings is 1. The first-order chi connectivity index (χ1) is 11.8. The maximum Gasteiger partial charge on any atom is 0.256 e. The van der Waals surface area contributed by atoms with Crippen molar-refractivity contribution in [3.05, 3.63) is 66.6 Å². The normalized spacial score (nSPS) is 10.7. The van der Waals surface area contributed by atoms with Crippen LogP contribution in [-0.2, 0) is 0 Å². The van der Waals surface area contributed by atoms with Crippen molar-refractivity contribution in [1.82, 2.24) is 19.9 Å². The van der Waals surface area contributed by atoms with Gasteiger partial charge in [0.15, 0.2) is 11.2 Å². The summed E-state index contributed by atoms with van der Waals surface area (Å²) in [6.45, 7) is 0. The molecule has 0 saturated heterocycles. The van der Waals surface area contributed by atoms with Crippen molar-refractivity contribution in [3.63, 3.8) is 0 Å². The molecule has 4 aromatic heterocycles. The summed E-state index contributed by atoms with van der Waals surface area (Å²) >= 11 is 0. The summed E-state index contributed by atoms with van der Waals surface area (Å²) in [4.78, 5) is 28.9. The molecule has 0 unspecified atom stereocenters. The number of rotatable bonds is 3. The van der Waals surface area contributed by atoms with E-state index in [1.54, 1.807) is 61.1 Å². The summed E-state index contributed by atoms with van der Waals surface area (Å²) in [5.41, 5.74) is 2.12. The van der Waals surface area contributed by atoms with Gasteiger partial charge in [0.1, 0.15) is 11.5 Å². The predicted octanol–water partition coefficient (Wildman–Crippen LogP) is 2.93. The molecule has 1 amide bonds. The molecular formula is C17H11N5O2. The fourth-order valence-electron chi connectivity index (χ4n) is 2.19. The minimum atomic E-state index is -0.263. The lowest BCUT2D eigenvalue weighted by Crippen LogP contribution is -2.13. The molecule has 1 N–H and O–H groups in total. The Morgan fingerprint density at radius 3 is 2.67 bits per heavy atom. The van der Waals surface area contributed by atoms with Crippen LogP contribution >= 0.6 is 0 Å². The number of nitrogens with zero attached hydrogens (tertiary/aromatic N) is 4. The van der Waals surface area contributed by atoms with Gasteiger partial charge in [-0.3, -0.25) is 9.78 Å². The third kappa shape index (κ3) is 2.70. The van der Waals surface area contributed by atoms with Crippen LogP contribution in [0.4, 0.5) is 5.82 Å². The highest BCUT2D eigenvalue weighted by Crippen LogP contribution is 2.22. The van der Waals surface area contributed by atoms with Gasteiger partial charge >= 0.3 is 0 Å². The molecule has 0 aromatic carbocycles. The van der Waals surface area contributed by atoms with Gasteiger partial charge in [-0.05, 0) is 36.4 Å². The Morgan fingerprint density at radius 2 is 1.83 bits per heavy atom. The fourth-order valence-corrected chi connectivity index (χ4v) is 2.19. The lowest BCUT2D eigenvalue weighted by molar-refractivity contribution is 0.102. The SMILES string of the molecule is O=C(Nc1cccc(-c2nc3ncccc3o2)n1)c1ccncc1. The lowest BCUT2D eigenvalue weighted by atomic mass is 10.2. The van der Waals surface area contributed by atoms with Crippen molar-refractivity contribution < 1.29 is 9.21 Å². The molecule has 0 spiro atoms. The molecule has 116 valence electrons. The van der Waals surface area contributed by atoms with Crippen molar-refractivity contribution in [2.75, 3.05) is 5.32 Å². The van der Waals surface area contributed by atoms with Crippen LogP contribution in [0.3, 0.4) is 0 Å². The molecule has 0 aliphatic heterocycles. The van der Waals surface area contributed by atoms with E-state index in [0.29, 0.717) is 34.2 Å². The van der Waals surface area contributed by atoms with Gasteiger partial charge in [0.2, 0.25) is 5.89 Å². The van der Waals surface area contributed by atoms with Gasteiger partial charge in [0.05, 0.1) is 0 Å². The second-order valence-electron chi connectivity index (χ2n) is 4.94. The number of hydrogen-bond donors (Lipinski definition) is 1. The maximum absolute atomic E-state index is 12.2. The van der Waals surface area contributed by atoms with E-state index in [2.05, 4.69) is 25.3 Å². The van der Waals surface area contributed by atoms with E-state index in [4.69, 9.17) is 4.42 Å². The fraction of sp³-hybridized carbons (Fsp3) is 0. The Kier molecular flexibility index (Phi) is 3.43. The number of anilines is 1. The van der Waals surface area contributed by atoms with Gasteiger partial charge in [-0.1, -0.05) is 6.07 Å². The Bertz CT molecular complexity index is 981. The van der Waals surface area contributed by atoms with Gasteiger partial charge < -0.3 is 9.73 Å². The van der Waals surface area contributed by atoms with Crippen LogP contribution in [0.2, 0.25) is 0 Å². The molecular weight excluding hydrogens is 306 g/mol. The van der Waals surface area contributed by atoms with Crippen LogP contribution in [0.1, 0.15) is 10.4 Å². The van der Waals surface area contributed by atoms with Crippen molar-refractivity contribution in [1.29, 1.82) is 0 Å². The Balaban J connectivity index is 1.63. The molecule has 0 aliphatic carbocycles. The minimum Gasteiger partial charge on any atom is -0.433 e. The first-order valence-corrected chi connectivity index (χ1v) is 7.20. The largest absolute Gasteiger partial charge is 0.433 e. The van der Waals surface area contributed by atoms with Gasteiger partial charge in [0.25, 0.3) is 5.91 Å². The zero-order valence-electron chi connectivity index (χ0n) is 12.4. The highest BCUT2D eigenvalue weighted by atomic mass is 16.3. The summed E-state index contributed by atoms with van der Waals surface area (Å²) in [7, 11) is 0. The number of fused-ring (bicyclic) bond motifs is 1. The van der Waals surface area contributed by atoms with Crippen LogP contribution in [0, 0.1) is 0 Å². The van der Waals surface area contributed by atoms with Gasteiger partial charge in [-0.15, -0.1) is 0 Å². The van der Waals surface area contributed by atoms with Crippen LogP contribution < -0.4 is 5.32 Å². The third-order valence-electron chi connectivity index (χ3n) is 3.32. The zero-order valence-corrected chi connectivity index (χ0v) is 12.4. The average Bonchev–Trinajstić information content (AvgIpc) is 3.07. The number of amides is 1. The van der Waals surface area contributed by atoms with E-state index < -0.39 is 0 Å². The second-order valence-corrected chi connectivity index (χ2v) is 4.94. The maximum atomic E-state index is 12.2. The summed E-state index contributed by atoms with van der Waals surface area (Å²) in [5, 5.41) is 2.74. The quantitative estimate of drug-likeness (QED) is 0.624. The highest BCUT2D eigenvalue weighted by Gasteiger charge is 2.12. The van der Waals surface area contributed by atoms with Crippen LogP contribution in [0.25, 0.3) is 22.8 Å². The predicted molar refractivity (Wildman–Crippen MR) is 87.2 cm³/mol. The smallest absolute Gasteiger partial charge is 0.256 e. The summed E-state index contributed by atoms with van der Waals surface area (Å²) in [5.74, 6) is 0.495. The molecule has 0 aliphatic rings. The van der Waals surface area contributed by atoms with E-state index in [0.717, 1.165) is 0 Å². The summed E-state index contributed by atoms with van der Waals surface area (Å²) < 4.78 is 5.64. The first-order valence-electron chi connectivity index (χ1n) is 7.20. The molecule has 7 heteroatoms. The van der Waals surface area contributed by atoms with E-state index >= 15 is 0 Å². The number of carbonyl (C=O) groups excluding carboxylic acids is 1. The second kappa shape index (κ2) is 5.88. The van der Waals surface area contributed by atoms with Crippen molar-refractivity contribution >= 4 is 23.0 Å². The molecule has 24 heavy (non-hydrogen) atoms. The number of aromatic nitrogens is 4. The van der Waals surface area contributed by atoms with Crippen LogP contribution in [-0.4, -0.2) is 25.8 Å². The average molecular weight is 317 g/mol. The molecule has 0 radical (unpaired) electrons. The van der Waals surface area contributed by atoms with E-state index in [9.17, 15) is 4.79 Å². The van der Waals surface area contributed by atoms with Gasteiger partial charge in [-0.25, -0.2) is 9.97 Å². The molecule has 4 rings (SSSR count). The Hall–Kier alpha value is -3.61. The van der Waals surface area contributed by atoms with Crippen molar-refractivity contribution in [3.8, 4) is 11.6 Å². The number of hydrogen-bond acceptors (Lipinski definition) is 6. The van der Waals surface area contributed by atoms with Crippen LogP contribution in [0.15, 0.2) is 65.5 Å². The first kappa shape index (κ1) is 14.0. The van der Waals surface area contributed by atoms with Crippen molar-refractivity contribution in [2.24, 2.45) is 0 Å². The number of pyridine rings is 3. The molecule has 4 heterocycles. The topological polar surface area (TPSA) is 93.8 Å². The van der Waals surface area contributed by atoms with E-state index in [1.807, 2.05) is 0 Å². The van der Waals surface area contributed by atoms with E-state index in [1.165, 1.54) is 0 Å². The summed E-state index contributed by atoms with van der Waals surface area (Å²) in [6, 6.07) is 12.0. The van der Waals surface area contributed by atoms with Gasteiger partial charge in [0, 0.05) is 24.2 Å². The summed E-state index contributed by atoms with van der Waals surface area (Å²) in [6.07, 6.45) is 4.77. The Morgan fingerprint density at radius 1 is 0.958 bits per heavy atom. The van der Waals surface area contributed by atoms with Crippen LogP contribution in [0.5, 0.6) is 0 Å². The molecule has 0 atom stereocenters. The molecule has 4 aromatic rings. The standard InChI is InChI=1S/C17H11N5O2/c23-16(11-6-9-18-10-7-11)21-14-5-1-3-12(20-14)17-22-15-13(24-17)4-2-8-19-15/h1-10H,(H,20,21,23). The van der Waals surface area contributed by atoms with Gasteiger partial charge in [-0.2, -0.15) is 4.98 Å². The minimum absolute atomic E-state index is 0.263. The van der Waals surface area contributed by atoms with Crippen molar-refractivity contribution in [2.45, 2.75) is 0 Å². The monoisotopic (exact) mass is 317 g/mol. The molecule has 0 bridgehead atoms. The molecule has 7 nitrogen and oxygen atoms in total. The molecule has 0 fully saturated rings. The Labute approximate surface area is 136 Å². The highest BCUT2D eigenvalue weighted by molar-refractivity contribution is 6.03. The lowest BCUT2D eigenvalue weighted by Gasteiger charge is -2.05. The third-order valence-corrected chi connectivity index (χ3v) is 3.32. The number of nitrogens with one attached hydrogen (secondary N) is 1. The zero-order chi connectivity index (χ0) is 16.4. The number of carbonyl (C=O) groups is 1.